The predicted molar refractivity (Wildman–Crippen MR) is 80.0 cm³/mol. The van der Waals surface area contributed by atoms with Crippen LogP contribution in [0.4, 0.5) is 12.6 Å². The van der Waals surface area contributed by atoms with Crippen molar-refractivity contribution in [1.29, 1.82) is 0 Å². The van der Waals surface area contributed by atoms with E-state index < -0.39 is 8.07 Å². The first kappa shape index (κ1) is 19.2. The molecule has 22 heavy (non-hydrogen) atoms. The minimum atomic E-state index is -6.14. The van der Waals surface area contributed by atoms with Crippen LogP contribution in [0.3, 0.4) is 0 Å². The van der Waals surface area contributed by atoms with Crippen molar-refractivity contribution in [3.8, 4) is 0 Å². The number of benzene rings is 2. The van der Waals surface area contributed by atoms with Gasteiger partial charge in [0, 0.05) is 0 Å². The highest BCUT2D eigenvalue weighted by atomic mass is 127. The maximum Gasteiger partial charge on any atom is 0.591 e. The van der Waals surface area contributed by atoms with Crippen LogP contribution >= 0.6 is 8.07 Å². The molecule has 0 saturated carbocycles. The Hall–Kier alpha value is -0.810. The van der Waals surface area contributed by atoms with Gasteiger partial charge in [0.25, 0.3) is 0 Å². The Labute approximate surface area is 139 Å². The standard InChI is InChI=1S/C16H18I.F3OP/c1-12(2)14-6-10-16(11-7-14)17-15-8-4-13(3)5-9-15;1-5(2,3)4/h4-12H,1-3H3;/q+1;. The highest BCUT2D eigenvalue weighted by Crippen LogP contribution is 2.50. The lowest BCUT2D eigenvalue weighted by molar-refractivity contribution is -0.597. The zero-order chi connectivity index (χ0) is 16.8. The molecule has 0 radical (unpaired) electrons. The normalized spacial score (nSPS) is 11.0. The minimum absolute atomic E-state index is 0.0167. The third-order valence-corrected chi connectivity index (χ3v) is 5.45. The molecule has 2 rings (SSSR count). The van der Waals surface area contributed by atoms with Crippen molar-refractivity contribution >= 4 is 8.07 Å². The van der Waals surface area contributed by atoms with Crippen LogP contribution in [-0.4, -0.2) is 0 Å². The van der Waals surface area contributed by atoms with Crippen molar-refractivity contribution in [3.63, 3.8) is 0 Å². The Balaban J connectivity index is 0.000000422. The van der Waals surface area contributed by atoms with Crippen LogP contribution < -0.4 is 21.2 Å². The third-order valence-electron chi connectivity index (χ3n) is 2.77. The second kappa shape index (κ2) is 8.73. The van der Waals surface area contributed by atoms with Crippen molar-refractivity contribution < 1.29 is 38.4 Å². The van der Waals surface area contributed by atoms with Gasteiger partial charge in [0.1, 0.15) is 0 Å². The van der Waals surface area contributed by atoms with E-state index in [-0.39, 0.29) is 21.2 Å². The van der Waals surface area contributed by atoms with Gasteiger partial charge in [-0.05, 0) is 42.7 Å². The molecule has 0 N–H and O–H groups in total. The molecule has 0 atom stereocenters. The summed E-state index contributed by atoms with van der Waals surface area (Å²) in [6.45, 7) is 6.62. The number of aryl methyl sites for hydroxylation is 1. The minimum Gasteiger partial charge on any atom is -0.215 e. The van der Waals surface area contributed by atoms with Crippen molar-refractivity contribution in [3.05, 3.63) is 66.8 Å². The fraction of sp³-hybridized carbons (Fsp3) is 0.250. The summed E-state index contributed by atoms with van der Waals surface area (Å²) in [5, 5.41) is 0. The molecule has 0 aromatic heterocycles. The van der Waals surface area contributed by atoms with Gasteiger partial charge in [-0.1, -0.05) is 43.7 Å². The molecule has 0 saturated heterocycles. The molecule has 0 bridgehead atoms. The lowest BCUT2D eigenvalue weighted by Crippen LogP contribution is -3.61. The van der Waals surface area contributed by atoms with Gasteiger partial charge in [-0.2, -0.15) is 0 Å². The molecule has 0 aliphatic carbocycles. The molecule has 0 heterocycles. The number of hydrogen-bond donors (Lipinski definition) is 0. The fourth-order valence-electron chi connectivity index (χ4n) is 1.63. The molecule has 0 amide bonds. The topological polar surface area (TPSA) is 17.1 Å². The molecule has 2 aromatic rings. The van der Waals surface area contributed by atoms with Gasteiger partial charge in [0.05, 0.1) is 0 Å². The summed E-state index contributed by atoms with van der Waals surface area (Å²) in [6, 6.07) is 18.1. The molecule has 0 spiro atoms. The number of rotatable bonds is 3. The summed E-state index contributed by atoms with van der Waals surface area (Å²) < 4.78 is 40.9. The quantitative estimate of drug-likeness (QED) is 0.528. The number of halogens is 4. The SMILES string of the molecule is Cc1ccc([I+]c2ccc(C(C)C)cc2)cc1.O=P(F)(F)F. The summed E-state index contributed by atoms with van der Waals surface area (Å²) in [5.41, 5.74) is 2.77. The van der Waals surface area contributed by atoms with Gasteiger partial charge in [0.2, 0.25) is 0 Å². The first-order chi connectivity index (χ1) is 10.1. The number of hydrogen-bond acceptors (Lipinski definition) is 1. The Bertz CT molecular complexity index is 613. The third kappa shape index (κ3) is 8.59. The summed E-state index contributed by atoms with van der Waals surface area (Å²) in [5.74, 6) is 0.627. The van der Waals surface area contributed by atoms with E-state index in [1.165, 1.54) is 18.3 Å². The summed E-state index contributed by atoms with van der Waals surface area (Å²) in [7, 11) is -6.14. The average Bonchev–Trinajstić information content (AvgIpc) is 2.40. The summed E-state index contributed by atoms with van der Waals surface area (Å²) >= 11 is -0.0167. The van der Waals surface area contributed by atoms with E-state index >= 15 is 0 Å². The zero-order valence-corrected chi connectivity index (χ0v) is 15.6. The molecule has 2 aromatic carbocycles. The van der Waals surface area contributed by atoms with E-state index in [0.717, 1.165) is 0 Å². The summed E-state index contributed by atoms with van der Waals surface area (Å²) in [4.78, 5) is 0. The van der Waals surface area contributed by atoms with Crippen LogP contribution in [0.5, 0.6) is 0 Å². The van der Waals surface area contributed by atoms with Gasteiger partial charge in [-0.3, -0.25) is 0 Å². The highest BCUT2D eigenvalue weighted by Gasteiger charge is 2.15. The molecule has 0 aliphatic rings. The van der Waals surface area contributed by atoms with E-state index in [2.05, 4.69) is 69.3 Å². The molecule has 0 aliphatic heterocycles. The van der Waals surface area contributed by atoms with Crippen molar-refractivity contribution in [2.75, 3.05) is 0 Å². The first-order valence-electron chi connectivity index (χ1n) is 6.65. The molecular weight excluding hydrogens is 423 g/mol. The largest absolute Gasteiger partial charge is 0.591 e. The Morgan fingerprint density at radius 3 is 1.59 bits per heavy atom. The van der Waals surface area contributed by atoms with Gasteiger partial charge in [0.15, 0.2) is 7.14 Å². The molecule has 0 unspecified atom stereocenters. The van der Waals surface area contributed by atoms with E-state index in [1.54, 1.807) is 0 Å². The first-order valence-corrected chi connectivity index (χ1v) is 10.2. The average molecular weight is 441 g/mol. The molecule has 120 valence electrons. The van der Waals surface area contributed by atoms with Crippen molar-refractivity contribution in [2.45, 2.75) is 26.7 Å². The van der Waals surface area contributed by atoms with E-state index in [0.29, 0.717) is 5.92 Å². The van der Waals surface area contributed by atoms with Gasteiger partial charge in [-0.15, -0.1) is 12.6 Å². The molecular formula is C16H18F3IOP+. The van der Waals surface area contributed by atoms with E-state index in [1.807, 2.05) is 0 Å². The lowest BCUT2D eigenvalue weighted by Gasteiger charge is -2.02. The predicted octanol–water partition coefficient (Wildman–Crippen LogP) is 3.25. The molecule has 6 heteroatoms. The van der Waals surface area contributed by atoms with Gasteiger partial charge >= 0.3 is 29.3 Å². The molecule has 1 nitrogen and oxygen atoms in total. The van der Waals surface area contributed by atoms with E-state index in [9.17, 15) is 12.6 Å². The van der Waals surface area contributed by atoms with Gasteiger partial charge in [-0.25, -0.2) is 4.57 Å². The monoisotopic (exact) mass is 441 g/mol. The van der Waals surface area contributed by atoms with Crippen molar-refractivity contribution in [2.24, 2.45) is 0 Å². The smallest absolute Gasteiger partial charge is 0.215 e. The maximum atomic E-state index is 9.91. The van der Waals surface area contributed by atoms with E-state index in [4.69, 9.17) is 4.57 Å². The lowest BCUT2D eigenvalue weighted by atomic mass is 10.0. The van der Waals surface area contributed by atoms with Crippen LogP contribution in [0.15, 0.2) is 48.5 Å². The zero-order valence-electron chi connectivity index (χ0n) is 12.6. The van der Waals surface area contributed by atoms with Crippen molar-refractivity contribution in [1.82, 2.24) is 0 Å². The van der Waals surface area contributed by atoms with Crippen LogP contribution in [0, 0.1) is 14.1 Å². The van der Waals surface area contributed by atoms with Gasteiger partial charge < -0.3 is 0 Å². The van der Waals surface area contributed by atoms with Crippen LogP contribution in [0.1, 0.15) is 30.9 Å². The Morgan fingerprint density at radius 2 is 1.23 bits per heavy atom. The fourth-order valence-corrected chi connectivity index (χ4v) is 3.79. The molecule has 0 fully saturated rings. The maximum absolute atomic E-state index is 9.91. The summed E-state index contributed by atoms with van der Waals surface area (Å²) in [6.07, 6.45) is 0. The highest BCUT2D eigenvalue weighted by molar-refractivity contribution is 7.47. The van der Waals surface area contributed by atoms with Crippen LogP contribution in [0.2, 0.25) is 0 Å². The Morgan fingerprint density at radius 1 is 0.864 bits per heavy atom. The van der Waals surface area contributed by atoms with Crippen LogP contribution in [0.25, 0.3) is 0 Å². The van der Waals surface area contributed by atoms with Crippen LogP contribution in [-0.2, 0) is 4.57 Å². The second-order valence-electron chi connectivity index (χ2n) is 4.99. The Kier molecular flexibility index (Phi) is 7.63. The second-order valence-corrected chi connectivity index (χ2v) is 8.82.